The number of nitrogens with one attached hydrogen (secondary N) is 1. The fraction of sp³-hybridized carbons (Fsp3) is 0.787. The average Bonchev–Trinajstić information content (AvgIpc) is 3.31. The van der Waals surface area contributed by atoms with E-state index in [1.165, 1.54) is 212 Å². The van der Waals surface area contributed by atoms with Gasteiger partial charge in [-0.2, -0.15) is 0 Å². The summed E-state index contributed by atoms with van der Waals surface area (Å²) < 4.78 is 0. The molecule has 3 N–H and O–H groups in total. The van der Waals surface area contributed by atoms with Gasteiger partial charge in [-0.1, -0.05) is 292 Å². The monoisotopic (exact) mass is 906 g/mol. The molecule has 0 fully saturated rings. The van der Waals surface area contributed by atoms with Gasteiger partial charge in [0.25, 0.3) is 0 Å². The van der Waals surface area contributed by atoms with E-state index < -0.39 is 12.1 Å². The van der Waals surface area contributed by atoms with Crippen LogP contribution in [-0.4, -0.2) is 34.9 Å². The summed E-state index contributed by atoms with van der Waals surface area (Å²) in [6, 6.07) is -0.623. The van der Waals surface area contributed by atoms with Gasteiger partial charge >= 0.3 is 0 Å². The Morgan fingerprint density at radius 1 is 0.385 bits per heavy atom. The first-order chi connectivity index (χ1) is 32.2. The molecule has 0 aromatic heterocycles. The Labute approximate surface area is 406 Å². The van der Waals surface area contributed by atoms with Crippen molar-refractivity contribution in [2.45, 2.75) is 302 Å². The zero-order valence-electron chi connectivity index (χ0n) is 43.5. The highest BCUT2D eigenvalue weighted by atomic mass is 16.3. The van der Waals surface area contributed by atoms with Gasteiger partial charge in [0, 0.05) is 6.42 Å². The van der Waals surface area contributed by atoms with E-state index in [0.29, 0.717) is 6.42 Å². The molecular weight excluding hydrogens is 795 g/mol. The maximum absolute atomic E-state index is 12.5. The number of amides is 1. The molecule has 2 unspecified atom stereocenters. The van der Waals surface area contributed by atoms with Crippen LogP contribution in [0.1, 0.15) is 290 Å². The van der Waals surface area contributed by atoms with Gasteiger partial charge < -0.3 is 15.5 Å². The molecule has 0 aromatic carbocycles. The standard InChI is InChI=1S/C61H111NO3/c1-3-5-7-9-11-13-15-17-19-21-23-24-25-26-27-28-29-30-31-32-33-34-35-36-37-38-39-41-43-45-47-49-51-53-55-57-61(65)62-59(58-63)60(64)56-54-52-50-48-46-44-42-40-22-20-18-16-14-12-10-8-6-4-2/h5,7,11,13,17,19,23-24,26-27,54,56,59-60,63-64H,3-4,6,8-10,12,14-16,18,20-22,25,28-53,55,57-58H2,1-2H3,(H,62,65)/b7-5-,13-11-,19-17-,24-23-,27-26-,56-54+. The van der Waals surface area contributed by atoms with Gasteiger partial charge in [-0.25, -0.2) is 0 Å². The maximum Gasteiger partial charge on any atom is 0.220 e. The minimum Gasteiger partial charge on any atom is -0.394 e. The predicted octanol–water partition coefficient (Wildman–Crippen LogP) is 19.0. The lowest BCUT2D eigenvalue weighted by Crippen LogP contribution is -2.45. The van der Waals surface area contributed by atoms with Crippen LogP contribution in [0.15, 0.2) is 72.9 Å². The molecule has 0 aliphatic heterocycles. The van der Waals surface area contributed by atoms with Gasteiger partial charge in [-0.3, -0.25) is 4.79 Å². The number of carbonyl (C=O) groups excluding carboxylic acids is 1. The summed E-state index contributed by atoms with van der Waals surface area (Å²) in [4.78, 5) is 12.5. The molecule has 0 bridgehead atoms. The van der Waals surface area contributed by atoms with Gasteiger partial charge in [0.05, 0.1) is 18.8 Å². The third kappa shape index (κ3) is 52.7. The summed E-state index contributed by atoms with van der Waals surface area (Å²) in [6.45, 7) is 4.21. The molecule has 0 aliphatic carbocycles. The molecule has 0 rings (SSSR count). The molecule has 0 heterocycles. The van der Waals surface area contributed by atoms with Crippen molar-refractivity contribution in [2.75, 3.05) is 6.61 Å². The zero-order chi connectivity index (χ0) is 47.0. The summed E-state index contributed by atoms with van der Waals surface area (Å²) in [5.41, 5.74) is 0. The first-order valence-corrected chi connectivity index (χ1v) is 28.7. The highest BCUT2D eigenvalue weighted by molar-refractivity contribution is 5.76. The number of rotatable bonds is 52. The van der Waals surface area contributed by atoms with E-state index in [1.807, 2.05) is 6.08 Å². The molecule has 0 aromatic rings. The van der Waals surface area contributed by atoms with Crippen LogP contribution in [0.3, 0.4) is 0 Å². The van der Waals surface area contributed by atoms with Crippen molar-refractivity contribution in [3.63, 3.8) is 0 Å². The number of carbonyl (C=O) groups is 1. The van der Waals surface area contributed by atoms with E-state index in [2.05, 4.69) is 79.9 Å². The first kappa shape index (κ1) is 62.8. The van der Waals surface area contributed by atoms with E-state index in [0.717, 1.165) is 57.8 Å². The zero-order valence-corrected chi connectivity index (χ0v) is 43.5. The molecule has 378 valence electrons. The lowest BCUT2D eigenvalue weighted by molar-refractivity contribution is -0.123. The molecule has 0 aliphatic rings. The average molecular weight is 907 g/mol. The molecule has 65 heavy (non-hydrogen) atoms. The van der Waals surface area contributed by atoms with Crippen molar-refractivity contribution in [2.24, 2.45) is 0 Å². The Kier molecular flexibility index (Phi) is 54.3. The third-order valence-electron chi connectivity index (χ3n) is 12.9. The SMILES string of the molecule is CC/C=C\C/C=C\C/C=C\C/C=C\C/C=C\CCCCCCCCCCCCCCCCCCCCCC(=O)NC(CO)C(O)/C=C/CCCCCCCCCCCCCCCCCC. The van der Waals surface area contributed by atoms with Gasteiger partial charge in [0.1, 0.15) is 0 Å². The molecule has 0 spiro atoms. The minimum absolute atomic E-state index is 0.0614. The van der Waals surface area contributed by atoms with Gasteiger partial charge in [-0.05, 0) is 64.2 Å². The second-order valence-corrected chi connectivity index (χ2v) is 19.3. The number of hydrogen-bond donors (Lipinski definition) is 3. The fourth-order valence-electron chi connectivity index (χ4n) is 8.62. The summed E-state index contributed by atoms with van der Waals surface area (Å²) in [7, 11) is 0. The predicted molar refractivity (Wildman–Crippen MR) is 290 cm³/mol. The minimum atomic E-state index is -0.840. The van der Waals surface area contributed by atoms with Crippen LogP contribution >= 0.6 is 0 Å². The smallest absolute Gasteiger partial charge is 0.220 e. The van der Waals surface area contributed by atoms with Crippen molar-refractivity contribution >= 4 is 5.91 Å². The molecule has 0 saturated carbocycles. The Bertz CT molecular complexity index is 1120. The summed E-state index contributed by atoms with van der Waals surface area (Å²) in [5.74, 6) is -0.0614. The van der Waals surface area contributed by atoms with Crippen molar-refractivity contribution in [3.8, 4) is 0 Å². The first-order valence-electron chi connectivity index (χ1n) is 28.7. The number of aliphatic hydroxyl groups is 2. The number of aliphatic hydroxyl groups excluding tert-OH is 2. The van der Waals surface area contributed by atoms with Crippen LogP contribution in [-0.2, 0) is 4.79 Å². The van der Waals surface area contributed by atoms with Crippen LogP contribution < -0.4 is 5.32 Å². The van der Waals surface area contributed by atoms with Crippen LogP contribution in [0, 0.1) is 0 Å². The molecule has 4 nitrogen and oxygen atoms in total. The Morgan fingerprint density at radius 3 is 1.02 bits per heavy atom. The van der Waals surface area contributed by atoms with Crippen molar-refractivity contribution in [1.82, 2.24) is 5.32 Å². The Morgan fingerprint density at radius 2 is 0.677 bits per heavy atom. The van der Waals surface area contributed by atoms with Gasteiger partial charge in [0.2, 0.25) is 5.91 Å². The number of unbranched alkanes of at least 4 members (excludes halogenated alkanes) is 35. The van der Waals surface area contributed by atoms with Crippen LogP contribution in [0.2, 0.25) is 0 Å². The molecular formula is C61H111NO3. The van der Waals surface area contributed by atoms with E-state index >= 15 is 0 Å². The lowest BCUT2D eigenvalue weighted by Gasteiger charge is -2.20. The molecule has 0 radical (unpaired) electrons. The quantitative estimate of drug-likeness (QED) is 0.0421. The normalized spacial score (nSPS) is 13.4. The summed E-state index contributed by atoms with van der Waals surface area (Å²) in [5, 5.41) is 23.2. The Balaban J connectivity index is 3.47. The highest BCUT2D eigenvalue weighted by Gasteiger charge is 2.18. The largest absolute Gasteiger partial charge is 0.394 e. The lowest BCUT2D eigenvalue weighted by atomic mass is 10.0. The van der Waals surface area contributed by atoms with Crippen molar-refractivity contribution < 1.29 is 15.0 Å². The van der Waals surface area contributed by atoms with Gasteiger partial charge in [0.15, 0.2) is 0 Å². The summed E-state index contributed by atoms with van der Waals surface area (Å²) >= 11 is 0. The molecule has 2 atom stereocenters. The van der Waals surface area contributed by atoms with Crippen LogP contribution in [0.4, 0.5) is 0 Å². The molecule has 4 heteroatoms. The van der Waals surface area contributed by atoms with E-state index in [9.17, 15) is 15.0 Å². The van der Waals surface area contributed by atoms with E-state index in [1.54, 1.807) is 6.08 Å². The van der Waals surface area contributed by atoms with Crippen LogP contribution in [0.5, 0.6) is 0 Å². The number of hydrogen-bond acceptors (Lipinski definition) is 3. The maximum atomic E-state index is 12.5. The highest BCUT2D eigenvalue weighted by Crippen LogP contribution is 2.17. The topological polar surface area (TPSA) is 69.6 Å². The molecule has 0 saturated heterocycles. The number of allylic oxidation sites excluding steroid dienone is 11. The molecule has 1 amide bonds. The van der Waals surface area contributed by atoms with Crippen molar-refractivity contribution in [1.29, 1.82) is 0 Å². The van der Waals surface area contributed by atoms with Crippen molar-refractivity contribution in [3.05, 3.63) is 72.9 Å². The van der Waals surface area contributed by atoms with Gasteiger partial charge in [-0.15, -0.1) is 0 Å². The third-order valence-corrected chi connectivity index (χ3v) is 12.9. The second-order valence-electron chi connectivity index (χ2n) is 19.3. The Hall–Kier alpha value is -2.17. The fourth-order valence-corrected chi connectivity index (χ4v) is 8.62. The van der Waals surface area contributed by atoms with E-state index in [-0.39, 0.29) is 12.5 Å². The van der Waals surface area contributed by atoms with Crippen LogP contribution in [0.25, 0.3) is 0 Å². The second kappa shape index (κ2) is 56.2. The van der Waals surface area contributed by atoms with E-state index in [4.69, 9.17) is 0 Å². The summed E-state index contributed by atoms with van der Waals surface area (Å²) in [6.07, 6.45) is 80.7.